The third kappa shape index (κ3) is 3.56. The largest absolute Gasteiger partial charge is 0.484 e. The number of aromatic nitrogens is 1. The van der Waals surface area contributed by atoms with Gasteiger partial charge in [-0.05, 0) is 25.0 Å². The second kappa shape index (κ2) is 7.31. The van der Waals surface area contributed by atoms with Gasteiger partial charge in [0.05, 0.1) is 0 Å². The highest BCUT2D eigenvalue weighted by Crippen LogP contribution is 2.35. The van der Waals surface area contributed by atoms with Crippen LogP contribution in [0, 0.1) is 0 Å². The smallest absolute Gasteiger partial charge is 0.266 e. The van der Waals surface area contributed by atoms with Gasteiger partial charge in [0, 0.05) is 23.7 Å². The fraction of sp³-hybridized carbons (Fsp3) is 0.444. The summed E-state index contributed by atoms with van der Waals surface area (Å²) >= 11 is 1.49. The number of ether oxygens (including phenoxy) is 3. The first-order valence-corrected chi connectivity index (χ1v) is 9.43. The predicted octanol–water partition coefficient (Wildman–Crippen LogP) is 3.62. The van der Waals surface area contributed by atoms with E-state index in [9.17, 15) is 4.79 Å². The van der Waals surface area contributed by atoms with Crippen LogP contribution in [-0.4, -0.2) is 30.3 Å². The summed E-state index contributed by atoms with van der Waals surface area (Å²) in [7, 11) is 0. The highest BCUT2D eigenvalue weighted by Gasteiger charge is 2.29. The molecule has 0 unspecified atom stereocenters. The Morgan fingerprint density at radius 3 is 2.88 bits per heavy atom. The minimum atomic E-state index is -0.0560. The summed E-state index contributed by atoms with van der Waals surface area (Å²) in [6.45, 7) is 0.201. The average Bonchev–Trinajstić information content (AvgIpc) is 3.32. The molecule has 25 heavy (non-hydrogen) atoms. The normalized spacial score (nSPS) is 16.6. The molecule has 1 aromatic carbocycles. The van der Waals surface area contributed by atoms with Crippen molar-refractivity contribution < 1.29 is 19.0 Å². The Morgan fingerprint density at radius 1 is 1.24 bits per heavy atom. The molecule has 0 N–H and O–H groups in total. The summed E-state index contributed by atoms with van der Waals surface area (Å²) in [5.41, 5.74) is 0. The maximum absolute atomic E-state index is 12.9. The van der Waals surface area contributed by atoms with Crippen LogP contribution in [0.4, 0.5) is 5.13 Å². The maximum atomic E-state index is 12.9. The van der Waals surface area contributed by atoms with E-state index in [-0.39, 0.29) is 25.3 Å². The van der Waals surface area contributed by atoms with E-state index in [4.69, 9.17) is 14.2 Å². The molecule has 2 aliphatic rings. The van der Waals surface area contributed by atoms with Gasteiger partial charge >= 0.3 is 0 Å². The third-order valence-corrected chi connectivity index (χ3v) is 5.31. The van der Waals surface area contributed by atoms with Crippen LogP contribution >= 0.6 is 11.3 Å². The highest BCUT2D eigenvalue weighted by molar-refractivity contribution is 7.13. The van der Waals surface area contributed by atoms with Crippen molar-refractivity contribution in [3.05, 3.63) is 29.8 Å². The molecule has 0 atom stereocenters. The Hall–Kier alpha value is -2.28. The fourth-order valence-corrected chi connectivity index (χ4v) is 4.05. The van der Waals surface area contributed by atoms with Crippen LogP contribution in [0.3, 0.4) is 0 Å². The molecule has 6 nitrogen and oxygen atoms in total. The average molecular weight is 360 g/mol. The second-order valence-electron chi connectivity index (χ2n) is 6.17. The van der Waals surface area contributed by atoms with Gasteiger partial charge in [-0.1, -0.05) is 19.3 Å². The molecule has 0 saturated heterocycles. The quantitative estimate of drug-likeness (QED) is 0.815. The van der Waals surface area contributed by atoms with Gasteiger partial charge in [-0.3, -0.25) is 9.69 Å². The lowest BCUT2D eigenvalue weighted by Gasteiger charge is -2.32. The molecule has 0 spiro atoms. The van der Waals surface area contributed by atoms with Crippen LogP contribution in [0.5, 0.6) is 17.2 Å². The van der Waals surface area contributed by atoms with Crippen LogP contribution < -0.4 is 19.1 Å². The van der Waals surface area contributed by atoms with E-state index in [1.807, 2.05) is 10.3 Å². The van der Waals surface area contributed by atoms with Crippen molar-refractivity contribution in [1.82, 2.24) is 4.98 Å². The van der Waals surface area contributed by atoms with Crippen LogP contribution in [0.15, 0.2) is 29.8 Å². The second-order valence-corrected chi connectivity index (χ2v) is 7.05. The summed E-state index contributed by atoms with van der Waals surface area (Å²) in [6, 6.07) is 5.55. The molecule has 0 bridgehead atoms. The summed E-state index contributed by atoms with van der Waals surface area (Å²) < 4.78 is 16.3. The Balaban J connectivity index is 1.45. The van der Waals surface area contributed by atoms with Crippen molar-refractivity contribution in [2.24, 2.45) is 0 Å². The first kappa shape index (κ1) is 16.2. The zero-order chi connectivity index (χ0) is 17.1. The minimum Gasteiger partial charge on any atom is -0.484 e. The number of amides is 1. The lowest BCUT2D eigenvalue weighted by molar-refractivity contribution is -0.121. The summed E-state index contributed by atoms with van der Waals surface area (Å²) in [5.74, 6) is 1.89. The first-order valence-electron chi connectivity index (χ1n) is 8.55. The summed E-state index contributed by atoms with van der Waals surface area (Å²) in [5, 5.41) is 2.66. The Labute approximate surface area is 150 Å². The maximum Gasteiger partial charge on any atom is 0.266 e. The number of hydrogen-bond acceptors (Lipinski definition) is 6. The Bertz CT molecular complexity index is 729. The molecular formula is C18H20N2O4S. The van der Waals surface area contributed by atoms with E-state index >= 15 is 0 Å². The van der Waals surface area contributed by atoms with E-state index in [1.54, 1.807) is 24.4 Å². The molecule has 1 saturated carbocycles. The molecular weight excluding hydrogens is 340 g/mol. The van der Waals surface area contributed by atoms with Crippen LogP contribution in [0.25, 0.3) is 0 Å². The third-order valence-electron chi connectivity index (χ3n) is 4.54. The van der Waals surface area contributed by atoms with Gasteiger partial charge in [-0.25, -0.2) is 4.98 Å². The molecule has 1 aliphatic heterocycles. The van der Waals surface area contributed by atoms with Gasteiger partial charge in [-0.2, -0.15) is 0 Å². The van der Waals surface area contributed by atoms with Gasteiger partial charge in [-0.15, -0.1) is 11.3 Å². The molecule has 7 heteroatoms. The Morgan fingerprint density at radius 2 is 2.08 bits per heavy atom. The van der Waals surface area contributed by atoms with Crippen LogP contribution in [0.1, 0.15) is 32.1 Å². The van der Waals surface area contributed by atoms with Crippen molar-refractivity contribution in [2.75, 3.05) is 18.3 Å². The molecule has 1 aromatic heterocycles. The number of rotatable bonds is 5. The fourth-order valence-electron chi connectivity index (χ4n) is 3.32. The number of carbonyl (C=O) groups is 1. The molecule has 0 radical (unpaired) electrons. The number of hydrogen-bond donors (Lipinski definition) is 0. The number of benzene rings is 1. The van der Waals surface area contributed by atoms with E-state index in [0.717, 1.165) is 30.8 Å². The van der Waals surface area contributed by atoms with Gasteiger partial charge in [0.15, 0.2) is 23.2 Å². The monoisotopic (exact) mass is 360 g/mol. The van der Waals surface area contributed by atoms with Crippen molar-refractivity contribution in [2.45, 2.75) is 38.1 Å². The number of carbonyl (C=O) groups excluding carboxylic acids is 1. The van der Waals surface area contributed by atoms with Gasteiger partial charge in [0.2, 0.25) is 6.79 Å². The van der Waals surface area contributed by atoms with E-state index in [1.165, 1.54) is 17.8 Å². The Kier molecular flexibility index (Phi) is 4.74. The molecule has 132 valence electrons. The number of thiazole rings is 1. The lowest BCUT2D eigenvalue weighted by atomic mass is 9.94. The molecule has 1 amide bonds. The topological polar surface area (TPSA) is 60.9 Å². The van der Waals surface area contributed by atoms with E-state index in [0.29, 0.717) is 17.2 Å². The summed E-state index contributed by atoms with van der Waals surface area (Å²) in [4.78, 5) is 19.0. The predicted molar refractivity (Wildman–Crippen MR) is 94.5 cm³/mol. The van der Waals surface area contributed by atoms with Crippen LogP contribution in [0.2, 0.25) is 0 Å². The van der Waals surface area contributed by atoms with Crippen molar-refractivity contribution >= 4 is 22.4 Å². The highest BCUT2D eigenvalue weighted by atomic mass is 32.1. The zero-order valence-corrected chi connectivity index (χ0v) is 14.7. The van der Waals surface area contributed by atoms with Crippen molar-refractivity contribution in [1.29, 1.82) is 0 Å². The van der Waals surface area contributed by atoms with Gasteiger partial charge in [0.25, 0.3) is 5.91 Å². The lowest BCUT2D eigenvalue weighted by Crippen LogP contribution is -2.44. The standard InChI is InChI=1S/C18H20N2O4S/c21-17(11-22-14-6-7-15-16(10-14)24-12-23-15)20(18-19-8-9-25-18)13-4-2-1-3-5-13/h6-10,13H,1-5,11-12H2. The van der Waals surface area contributed by atoms with Gasteiger partial charge in [0.1, 0.15) is 5.75 Å². The molecule has 2 heterocycles. The SMILES string of the molecule is O=C(COc1ccc2c(c1)OCO2)N(c1nccs1)C1CCCCC1. The molecule has 1 fully saturated rings. The van der Waals surface area contributed by atoms with Crippen molar-refractivity contribution in [3.8, 4) is 17.2 Å². The zero-order valence-electron chi connectivity index (χ0n) is 13.8. The first-order chi connectivity index (χ1) is 12.3. The summed E-state index contributed by atoms with van der Waals surface area (Å²) in [6.07, 6.45) is 7.34. The minimum absolute atomic E-state index is 0.0181. The van der Waals surface area contributed by atoms with E-state index in [2.05, 4.69) is 4.98 Å². The molecule has 1 aliphatic carbocycles. The van der Waals surface area contributed by atoms with Crippen molar-refractivity contribution in [3.63, 3.8) is 0 Å². The number of anilines is 1. The number of nitrogens with zero attached hydrogens (tertiary/aromatic N) is 2. The van der Waals surface area contributed by atoms with Gasteiger partial charge < -0.3 is 14.2 Å². The van der Waals surface area contributed by atoms with E-state index < -0.39 is 0 Å². The molecule has 2 aromatic rings. The number of fused-ring (bicyclic) bond motifs is 1. The molecule has 4 rings (SSSR count). The van der Waals surface area contributed by atoms with Crippen LogP contribution in [-0.2, 0) is 4.79 Å².